The zero-order chi connectivity index (χ0) is 14.3. The van der Waals surface area contributed by atoms with Gasteiger partial charge in [0, 0.05) is 39.6 Å². The van der Waals surface area contributed by atoms with Crippen molar-refractivity contribution in [2.45, 2.75) is 39.0 Å². The van der Waals surface area contributed by atoms with Crippen LogP contribution in [-0.4, -0.2) is 48.7 Å². The van der Waals surface area contributed by atoms with E-state index in [0.29, 0.717) is 25.5 Å². The molecule has 1 saturated heterocycles. The molecule has 0 radical (unpaired) electrons. The largest absolute Gasteiger partial charge is 0.481 e. The molecule has 2 atom stereocenters. The number of methoxy groups -OCH3 is 1. The van der Waals surface area contributed by atoms with Crippen LogP contribution in [0.5, 0.6) is 0 Å². The van der Waals surface area contributed by atoms with Gasteiger partial charge >= 0.3 is 5.97 Å². The lowest BCUT2D eigenvalue weighted by Gasteiger charge is -2.35. The number of carboxylic acids is 1. The summed E-state index contributed by atoms with van der Waals surface area (Å²) < 4.78 is 4.95. The summed E-state index contributed by atoms with van der Waals surface area (Å²) in [5.41, 5.74) is 0. The summed E-state index contributed by atoms with van der Waals surface area (Å²) in [4.78, 5) is 24.7. The van der Waals surface area contributed by atoms with Crippen molar-refractivity contribution < 1.29 is 19.4 Å². The third kappa shape index (κ3) is 5.59. The van der Waals surface area contributed by atoms with Crippen molar-refractivity contribution in [2.24, 2.45) is 11.8 Å². The SMILES string of the molecule is COCCCC(=O)N1CCCC(C(C)CC(=O)O)C1. The van der Waals surface area contributed by atoms with Gasteiger partial charge in [-0.2, -0.15) is 0 Å². The Morgan fingerprint density at radius 3 is 2.84 bits per heavy atom. The molecule has 1 aliphatic heterocycles. The molecule has 0 spiro atoms. The Hall–Kier alpha value is -1.10. The zero-order valence-electron chi connectivity index (χ0n) is 11.9. The third-order valence-electron chi connectivity index (χ3n) is 3.85. The van der Waals surface area contributed by atoms with Gasteiger partial charge in [-0.3, -0.25) is 9.59 Å². The Balaban J connectivity index is 2.40. The van der Waals surface area contributed by atoms with Crippen LogP contribution in [0.15, 0.2) is 0 Å². The average Bonchev–Trinajstić information content (AvgIpc) is 2.38. The van der Waals surface area contributed by atoms with Crippen LogP contribution in [0.4, 0.5) is 0 Å². The van der Waals surface area contributed by atoms with Crippen LogP contribution in [0.25, 0.3) is 0 Å². The van der Waals surface area contributed by atoms with E-state index in [1.54, 1.807) is 7.11 Å². The average molecular weight is 271 g/mol. The molecule has 0 saturated carbocycles. The van der Waals surface area contributed by atoms with E-state index in [9.17, 15) is 9.59 Å². The number of nitrogens with zero attached hydrogens (tertiary/aromatic N) is 1. The van der Waals surface area contributed by atoms with Crippen LogP contribution in [-0.2, 0) is 14.3 Å². The molecule has 19 heavy (non-hydrogen) atoms. The Bertz CT molecular complexity index is 306. The Morgan fingerprint density at radius 2 is 2.21 bits per heavy atom. The predicted molar refractivity (Wildman–Crippen MR) is 71.8 cm³/mol. The number of likely N-dealkylation sites (tertiary alicyclic amines) is 1. The lowest BCUT2D eigenvalue weighted by molar-refractivity contribution is -0.138. The molecule has 1 N–H and O–H groups in total. The fraction of sp³-hybridized carbons (Fsp3) is 0.857. The molecule has 1 aliphatic rings. The van der Waals surface area contributed by atoms with E-state index in [2.05, 4.69) is 0 Å². The van der Waals surface area contributed by atoms with Crippen LogP contribution in [0.1, 0.15) is 39.0 Å². The van der Waals surface area contributed by atoms with Gasteiger partial charge in [0.2, 0.25) is 5.91 Å². The second-order valence-corrected chi connectivity index (χ2v) is 5.41. The van der Waals surface area contributed by atoms with E-state index >= 15 is 0 Å². The minimum absolute atomic E-state index is 0.132. The van der Waals surface area contributed by atoms with Crippen molar-refractivity contribution in [1.82, 2.24) is 4.90 Å². The highest BCUT2D eigenvalue weighted by molar-refractivity contribution is 5.76. The smallest absolute Gasteiger partial charge is 0.303 e. The first kappa shape index (κ1) is 16.0. The van der Waals surface area contributed by atoms with Gasteiger partial charge in [-0.05, 0) is 31.1 Å². The van der Waals surface area contributed by atoms with E-state index in [1.807, 2.05) is 11.8 Å². The van der Waals surface area contributed by atoms with Crippen molar-refractivity contribution in [2.75, 3.05) is 26.8 Å². The first-order valence-electron chi connectivity index (χ1n) is 7.03. The first-order valence-corrected chi connectivity index (χ1v) is 7.03. The van der Waals surface area contributed by atoms with Crippen LogP contribution in [0.3, 0.4) is 0 Å². The molecule has 0 aliphatic carbocycles. The van der Waals surface area contributed by atoms with Crippen molar-refractivity contribution in [3.63, 3.8) is 0 Å². The fourth-order valence-electron chi connectivity index (χ4n) is 2.67. The number of ether oxygens (including phenoxy) is 1. The Labute approximate surface area is 114 Å². The van der Waals surface area contributed by atoms with Gasteiger partial charge in [-0.1, -0.05) is 6.92 Å². The summed E-state index contributed by atoms with van der Waals surface area (Å²) >= 11 is 0. The second-order valence-electron chi connectivity index (χ2n) is 5.41. The summed E-state index contributed by atoms with van der Waals surface area (Å²) in [6, 6.07) is 0. The lowest BCUT2D eigenvalue weighted by Crippen LogP contribution is -2.42. The molecule has 1 amide bonds. The van der Waals surface area contributed by atoms with Gasteiger partial charge in [-0.15, -0.1) is 0 Å². The molecule has 5 heteroatoms. The van der Waals surface area contributed by atoms with Gasteiger partial charge in [-0.25, -0.2) is 0 Å². The number of carbonyl (C=O) groups excluding carboxylic acids is 1. The standard InChI is InChI=1S/C14H25NO4/c1-11(9-14(17)18)12-5-3-7-15(10-12)13(16)6-4-8-19-2/h11-12H,3-10H2,1-2H3,(H,17,18). The molecule has 1 heterocycles. The molecule has 0 aromatic heterocycles. The summed E-state index contributed by atoms with van der Waals surface area (Å²) in [5.74, 6) is -0.136. The number of rotatable bonds is 7. The predicted octanol–water partition coefficient (Wildman–Crippen LogP) is 1.76. The van der Waals surface area contributed by atoms with Crippen LogP contribution < -0.4 is 0 Å². The van der Waals surface area contributed by atoms with E-state index in [0.717, 1.165) is 25.8 Å². The van der Waals surface area contributed by atoms with Gasteiger partial charge in [0.05, 0.1) is 0 Å². The molecular weight excluding hydrogens is 246 g/mol. The van der Waals surface area contributed by atoms with Crippen molar-refractivity contribution in [1.29, 1.82) is 0 Å². The van der Waals surface area contributed by atoms with Crippen molar-refractivity contribution >= 4 is 11.9 Å². The molecule has 2 unspecified atom stereocenters. The van der Waals surface area contributed by atoms with Crippen LogP contribution in [0, 0.1) is 11.8 Å². The molecule has 1 rings (SSSR count). The lowest BCUT2D eigenvalue weighted by atomic mass is 9.84. The van der Waals surface area contributed by atoms with Crippen LogP contribution in [0.2, 0.25) is 0 Å². The van der Waals surface area contributed by atoms with E-state index < -0.39 is 5.97 Å². The normalized spacial score (nSPS) is 21.2. The molecule has 5 nitrogen and oxygen atoms in total. The third-order valence-corrected chi connectivity index (χ3v) is 3.85. The molecule has 0 aromatic rings. The maximum absolute atomic E-state index is 12.0. The van der Waals surface area contributed by atoms with Crippen molar-refractivity contribution in [3.8, 4) is 0 Å². The molecule has 110 valence electrons. The van der Waals surface area contributed by atoms with Gasteiger partial charge in [0.25, 0.3) is 0 Å². The number of amides is 1. The van der Waals surface area contributed by atoms with Gasteiger partial charge in [0.1, 0.15) is 0 Å². The molecule has 1 fully saturated rings. The number of hydrogen-bond acceptors (Lipinski definition) is 3. The Kier molecular flexibility index (Phi) is 6.84. The quantitative estimate of drug-likeness (QED) is 0.716. The molecular formula is C14H25NO4. The van der Waals surface area contributed by atoms with E-state index in [-0.39, 0.29) is 18.2 Å². The fourth-order valence-corrected chi connectivity index (χ4v) is 2.67. The topological polar surface area (TPSA) is 66.8 Å². The van der Waals surface area contributed by atoms with E-state index in [1.165, 1.54) is 0 Å². The molecule has 0 bridgehead atoms. The maximum atomic E-state index is 12.0. The molecule has 0 aromatic carbocycles. The maximum Gasteiger partial charge on any atom is 0.303 e. The van der Waals surface area contributed by atoms with Gasteiger partial charge in [0.15, 0.2) is 0 Å². The summed E-state index contributed by atoms with van der Waals surface area (Å²) in [7, 11) is 1.63. The zero-order valence-corrected chi connectivity index (χ0v) is 11.9. The minimum atomic E-state index is -0.754. The van der Waals surface area contributed by atoms with Crippen molar-refractivity contribution in [3.05, 3.63) is 0 Å². The minimum Gasteiger partial charge on any atom is -0.481 e. The number of carbonyl (C=O) groups is 2. The number of hydrogen-bond donors (Lipinski definition) is 1. The first-order chi connectivity index (χ1) is 9.04. The number of carboxylic acid groups (broad SMARTS) is 1. The Morgan fingerprint density at radius 1 is 1.47 bits per heavy atom. The number of piperidine rings is 1. The summed E-state index contributed by atoms with van der Waals surface area (Å²) in [5, 5.41) is 8.84. The van der Waals surface area contributed by atoms with E-state index in [4.69, 9.17) is 9.84 Å². The highest BCUT2D eigenvalue weighted by atomic mass is 16.5. The van der Waals surface area contributed by atoms with Crippen LogP contribution >= 0.6 is 0 Å². The second kappa shape index (κ2) is 8.15. The number of aliphatic carboxylic acids is 1. The monoisotopic (exact) mass is 271 g/mol. The summed E-state index contributed by atoms with van der Waals surface area (Å²) in [6.45, 7) is 4.10. The van der Waals surface area contributed by atoms with Gasteiger partial charge < -0.3 is 14.7 Å². The highest BCUT2D eigenvalue weighted by Crippen LogP contribution is 2.26. The highest BCUT2D eigenvalue weighted by Gasteiger charge is 2.27. The summed E-state index contributed by atoms with van der Waals surface area (Å²) in [6.07, 6.45) is 3.46.